The summed E-state index contributed by atoms with van der Waals surface area (Å²) in [5.74, 6) is -1.35. The molecule has 0 bridgehead atoms. The van der Waals surface area contributed by atoms with Gasteiger partial charge in [0.15, 0.2) is 10.8 Å². The molecule has 1 aromatic rings. The lowest BCUT2D eigenvalue weighted by molar-refractivity contribution is -0.160. The SMILES string of the molecule is CON=C(C(=O)NC1C(=O)N2C=C(C(=O)OC(COC(C)(C)C)COC(C)(C)C)CS[C@H]12)c1csc(NC=O)n1. The van der Waals surface area contributed by atoms with Crippen molar-refractivity contribution in [2.75, 3.05) is 31.4 Å². The van der Waals surface area contributed by atoms with Crippen LogP contribution in [0.2, 0.25) is 0 Å². The molecule has 2 aliphatic rings. The van der Waals surface area contributed by atoms with Gasteiger partial charge in [-0.3, -0.25) is 14.4 Å². The number of fused-ring (bicyclic) bond motifs is 1. The normalized spacial score (nSPS) is 19.4. The molecule has 13 nitrogen and oxygen atoms in total. The zero-order valence-corrected chi connectivity index (χ0v) is 25.1. The van der Waals surface area contributed by atoms with E-state index in [1.54, 1.807) is 0 Å². The van der Waals surface area contributed by atoms with Gasteiger partial charge in [-0.05, 0) is 41.5 Å². The molecule has 1 unspecified atom stereocenters. The number of thiazole rings is 1. The number of ether oxygens (including phenoxy) is 3. The van der Waals surface area contributed by atoms with Gasteiger partial charge in [0.2, 0.25) is 6.41 Å². The third-order valence-electron chi connectivity index (χ3n) is 5.34. The molecule has 220 valence electrons. The van der Waals surface area contributed by atoms with E-state index in [0.29, 0.717) is 12.0 Å². The van der Waals surface area contributed by atoms with Crippen molar-refractivity contribution in [3.63, 3.8) is 0 Å². The number of carbonyl (C=O) groups is 4. The number of thioether (sulfide) groups is 1. The van der Waals surface area contributed by atoms with Gasteiger partial charge in [-0.1, -0.05) is 5.16 Å². The van der Waals surface area contributed by atoms with Crippen molar-refractivity contribution in [1.29, 1.82) is 0 Å². The predicted molar refractivity (Wildman–Crippen MR) is 150 cm³/mol. The first kappa shape index (κ1) is 31.5. The van der Waals surface area contributed by atoms with Crippen molar-refractivity contribution >= 4 is 58.1 Å². The lowest BCUT2D eigenvalue weighted by Crippen LogP contribution is -2.69. The average molecular weight is 598 g/mol. The Kier molecular flexibility index (Phi) is 10.3. The molecule has 0 saturated carbocycles. The van der Waals surface area contributed by atoms with E-state index in [1.807, 2.05) is 41.5 Å². The molecule has 1 aromatic heterocycles. The van der Waals surface area contributed by atoms with Gasteiger partial charge in [-0.15, -0.1) is 23.1 Å². The summed E-state index contributed by atoms with van der Waals surface area (Å²) >= 11 is 2.42. The standard InChI is InChI=1S/C25H35N5O8S2/c1-24(2,3)36-9-15(10-37-25(4,5)6)38-22(34)14-8-30-20(33)18(21(30)39-11-14)28-19(32)17(29-35-7)16-12-40-23(27-16)26-13-31/h8,12-13,15,18,21H,9-11H2,1-7H3,(H,28,32)(H,26,27,31)/t18?,21-/m1/s1. The number of aromatic nitrogens is 1. The average Bonchev–Trinajstić information content (AvgIpc) is 3.34. The van der Waals surface area contributed by atoms with Crippen LogP contribution in [0.1, 0.15) is 47.2 Å². The van der Waals surface area contributed by atoms with E-state index in [4.69, 9.17) is 19.0 Å². The quantitative estimate of drug-likeness (QED) is 0.120. The van der Waals surface area contributed by atoms with Gasteiger partial charge in [-0.2, -0.15) is 0 Å². The zero-order valence-electron chi connectivity index (χ0n) is 23.5. The van der Waals surface area contributed by atoms with Gasteiger partial charge in [-0.25, -0.2) is 9.78 Å². The summed E-state index contributed by atoms with van der Waals surface area (Å²) in [5.41, 5.74) is -0.504. The molecule has 2 N–H and O–H groups in total. The van der Waals surface area contributed by atoms with Crippen LogP contribution in [0.4, 0.5) is 5.13 Å². The number of rotatable bonds is 12. The summed E-state index contributed by atoms with van der Waals surface area (Å²) in [4.78, 5) is 59.8. The van der Waals surface area contributed by atoms with E-state index in [9.17, 15) is 19.2 Å². The Morgan fingerprint density at radius 3 is 2.42 bits per heavy atom. The van der Waals surface area contributed by atoms with E-state index in [0.717, 1.165) is 11.3 Å². The number of hydrogen-bond donors (Lipinski definition) is 2. The number of nitrogens with one attached hydrogen (secondary N) is 2. The molecule has 1 fully saturated rings. The molecule has 0 aliphatic carbocycles. The summed E-state index contributed by atoms with van der Waals surface area (Å²) < 4.78 is 17.3. The smallest absolute Gasteiger partial charge is 0.336 e. The largest absolute Gasteiger partial charge is 0.454 e. The first-order chi connectivity index (χ1) is 18.7. The molecule has 0 radical (unpaired) electrons. The lowest BCUT2D eigenvalue weighted by atomic mass is 10.1. The summed E-state index contributed by atoms with van der Waals surface area (Å²) in [6.07, 6.45) is 1.29. The van der Waals surface area contributed by atoms with Crippen LogP contribution in [-0.2, 0) is 38.2 Å². The van der Waals surface area contributed by atoms with Gasteiger partial charge >= 0.3 is 5.97 Å². The van der Waals surface area contributed by atoms with Gasteiger partial charge < -0.3 is 34.6 Å². The van der Waals surface area contributed by atoms with Crippen LogP contribution in [-0.4, -0.2) is 94.6 Å². The number of hydrogen-bond acceptors (Lipinski definition) is 12. The number of β-lactam (4-membered cyclic amide) rings is 1. The van der Waals surface area contributed by atoms with Crippen molar-refractivity contribution in [2.45, 2.75) is 70.3 Å². The van der Waals surface area contributed by atoms with Crippen LogP contribution in [0.15, 0.2) is 22.3 Å². The maximum atomic E-state index is 13.0. The molecule has 2 atom stereocenters. The molecule has 3 amide bonds. The Hall–Kier alpha value is -3.01. The monoisotopic (exact) mass is 597 g/mol. The molecule has 2 aliphatic heterocycles. The number of esters is 1. The fourth-order valence-electron chi connectivity index (χ4n) is 3.46. The molecule has 0 spiro atoms. The maximum absolute atomic E-state index is 13.0. The lowest BCUT2D eigenvalue weighted by Gasteiger charge is -2.47. The fraction of sp³-hybridized carbons (Fsp3) is 0.600. The van der Waals surface area contributed by atoms with Crippen LogP contribution in [0, 0.1) is 0 Å². The zero-order chi connectivity index (χ0) is 29.7. The van der Waals surface area contributed by atoms with E-state index < -0.39 is 46.5 Å². The number of carbonyl (C=O) groups excluding carboxylic acids is 4. The fourth-order valence-corrected chi connectivity index (χ4v) is 5.36. The van der Waals surface area contributed by atoms with E-state index in [-0.39, 0.29) is 35.5 Å². The third-order valence-corrected chi connectivity index (χ3v) is 7.43. The summed E-state index contributed by atoms with van der Waals surface area (Å²) in [6.45, 7) is 11.8. The van der Waals surface area contributed by atoms with Crippen LogP contribution < -0.4 is 10.6 Å². The van der Waals surface area contributed by atoms with Crippen LogP contribution in [0.5, 0.6) is 0 Å². The maximum Gasteiger partial charge on any atom is 0.336 e. The van der Waals surface area contributed by atoms with Crippen molar-refractivity contribution in [3.8, 4) is 0 Å². The predicted octanol–water partition coefficient (Wildman–Crippen LogP) is 1.89. The Morgan fingerprint density at radius 1 is 1.20 bits per heavy atom. The first-order valence-electron chi connectivity index (χ1n) is 12.4. The Labute approximate surface area is 241 Å². The third kappa shape index (κ3) is 8.49. The van der Waals surface area contributed by atoms with Crippen molar-refractivity contribution in [2.24, 2.45) is 5.16 Å². The second kappa shape index (κ2) is 13.1. The van der Waals surface area contributed by atoms with Crippen LogP contribution in [0.3, 0.4) is 0 Å². The van der Waals surface area contributed by atoms with E-state index in [2.05, 4.69) is 20.8 Å². The minimum atomic E-state index is -0.840. The Balaban J connectivity index is 1.63. The second-order valence-corrected chi connectivity index (χ2v) is 12.8. The van der Waals surface area contributed by atoms with Gasteiger partial charge in [0.1, 0.15) is 30.3 Å². The molecule has 15 heteroatoms. The van der Waals surface area contributed by atoms with E-state index >= 15 is 0 Å². The van der Waals surface area contributed by atoms with Crippen molar-refractivity contribution < 1.29 is 38.2 Å². The number of amides is 3. The van der Waals surface area contributed by atoms with Crippen molar-refractivity contribution in [3.05, 3.63) is 22.8 Å². The molecular weight excluding hydrogens is 562 g/mol. The summed E-state index contributed by atoms with van der Waals surface area (Å²) in [5, 5.41) is 10.2. The first-order valence-corrected chi connectivity index (χ1v) is 14.4. The summed E-state index contributed by atoms with van der Waals surface area (Å²) in [7, 11) is 1.28. The number of anilines is 1. The summed E-state index contributed by atoms with van der Waals surface area (Å²) in [6, 6.07) is -0.840. The molecule has 0 aromatic carbocycles. The minimum Gasteiger partial charge on any atom is -0.454 e. The van der Waals surface area contributed by atoms with Crippen LogP contribution in [0.25, 0.3) is 0 Å². The molecule has 40 heavy (non-hydrogen) atoms. The molecule has 1 saturated heterocycles. The Morgan fingerprint density at radius 2 is 1.85 bits per heavy atom. The van der Waals surface area contributed by atoms with Crippen LogP contribution >= 0.6 is 23.1 Å². The molecular formula is C25H35N5O8S2. The number of oxime groups is 1. The van der Waals surface area contributed by atoms with Gasteiger partial charge in [0.05, 0.1) is 30.0 Å². The highest BCUT2D eigenvalue weighted by Gasteiger charge is 2.50. The van der Waals surface area contributed by atoms with E-state index in [1.165, 1.54) is 35.4 Å². The number of nitrogens with zero attached hydrogens (tertiary/aromatic N) is 3. The highest BCUT2D eigenvalue weighted by molar-refractivity contribution is 8.00. The highest BCUT2D eigenvalue weighted by Crippen LogP contribution is 2.36. The van der Waals surface area contributed by atoms with Gasteiger partial charge in [0.25, 0.3) is 11.8 Å². The molecule has 3 heterocycles. The minimum absolute atomic E-state index is 0.148. The van der Waals surface area contributed by atoms with Gasteiger partial charge in [0, 0.05) is 17.3 Å². The topological polar surface area (TPSA) is 158 Å². The Bertz CT molecular complexity index is 1150. The van der Waals surface area contributed by atoms with Crippen molar-refractivity contribution in [1.82, 2.24) is 15.2 Å². The highest BCUT2D eigenvalue weighted by atomic mass is 32.2. The second-order valence-electron chi connectivity index (χ2n) is 10.8. The molecule has 3 rings (SSSR count).